The quantitative estimate of drug-likeness (QED) is 0.796. The number of hydrogen-bond donors (Lipinski definition) is 1. The molecule has 1 aromatic carbocycles. The fourth-order valence-electron chi connectivity index (χ4n) is 1.78. The second-order valence-electron chi connectivity index (χ2n) is 6.64. The van der Waals surface area contributed by atoms with Gasteiger partial charge in [-0.1, -0.05) is 27.7 Å². The molecule has 3 nitrogen and oxygen atoms in total. The first-order valence-electron chi connectivity index (χ1n) is 7.64. The van der Waals surface area contributed by atoms with Crippen LogP contribution in [0.15, 0.2) is 18.2 Å². The molecule has 23 heavy (non-hydrogen) atoms. The average molecular weight is 334 g/mol. The Morgan fingerprint density at radius 1 is 1.00 bits per heavy atom. The minimum Gasteiger partial charge on any atom is -0.493 e. The number of benzene rings is 1. The Labute approximate surface area is 135 Å². The normalized spacial score (nSPS) is 14.9. The van der Waals surface area contributed by atoms with Gasteiger partial charge in [0.25, 0.3) is 0 Å². The molecule has 0 aliphatic rings. The van der Waals surface area contributed by atoms with Crippen LogP contribution in [-0.4, -0.2) is 24.5 Å². The van der Waals surface area contributed by atoms with Crippen LogP contribution in [0.5, 0.6) is 11.5 Å². The zero-order valence-electron chi connectivity index (χ0n) is 14.2. The molecule has 1 rings (SSSR count). The van der Waals surface area contributed by atoms with Crippen molar-refractivity contribution in [1.29, 1.82) is 0 Å². The van der Waals surface area contributed by atoms with Gasteiger partial charge in [-0.15, -0.1) is 0 Å². The minimum absolute atomic E-state index is 0.0120. The lowest BCUT2D eigenvalue weighted by molar-refractivity contribution is -0.259. The molecule has 1 atom stereocenters. The smallest absolute Gasteiger partial charge is 0.421 e. The van der Waals surface area contributed by atoms with E-state index in [1.165, 1.54) is 12.1 Å². The maximum Gasteiger partial charge on any atom is 0.421 e. The van der Waals surface area contributed by atoms with Crippen LogP contribution in [0.1, 0.15) is 40.2 Å². The molecule has 0 saturated heterocycles. The van der Waals surface area contributed by atoms with Gasteiger partial charge in [-0.3, -0.25) is 0 Å². The van der Waals surface area contributed by atoms with Gasteiger partial charge < -0.3 is 14.6 Å². The molecule has 0 amide bonds. The van der Waals surface area contributed by atoms with Crippen molar-refractivity contribution in [2.75, 3.05) is 13.2 Å². The number of ether oxygens (including phenoxy) is 2. The molecule has 0 aliphatic heterocycles. The van der Waals surface area contributed by atoms with Crippen molar-refractivity contribution in [3.05, 3.63) is 23.8 Å². The molecule has 0 fully saturated rings. The lowest BCUT2D eigenvalue weighted by Crippen LogP contribution is -2.39. The van der Waals surface area contributed by atoms with Crippen molar-refractivity contribution in [3.8, 4) is 11.5 Å². The van der Waals surface area contributed by atoms with Crippen LogP contribution in [0.4, 0.5) is 13.2 Å². The molecular weight excluding hydrogens is 309 g/mol. The predicted molar refractivity (Wildman–Crippen MR) is 82.7 cm³/mol. The van der Waals surface area contributed by atoms with Gasteiger partial charge in [0.05, 0.1) is 13.2 Å². The lowest BCUT2D eigenvalue weighted by atomic mass is 9.94. The molecule has 132 valence electrons. The summed E-state index contributed by atoms with van der Waals surface area (Å²) in [5.41, 5.74) is -3.36. The van der Waals surface area contributed by atoms with Gasteiger partial charge in [-0.25, -0.2) is 0 Å². The number of halogens is 3. The summed E-state index contributed by atoms with van der Waals surface area (Å²) in [6.45, 7) is 9.01. The van der Waals surface area contributed by atoms with Crippen LogP contribution in [0, 0.1) is 11.8 Å². The van der Waals surface area contributed by atoms with Crippen LogP contribution >= 0.6 is 0 Å². The summed E-state index contributed by atoms with van der Waals surface area (Å²) < 4.78 is 50.5. The second-order valence-corrected chi connectivity index (χ2v) is 6.64. The van der Waals surface area contributed by atoms with Crippen LogP contribution in [0.25, 0.3) is 0 Å². The molecule has 0 spiro atoms. The summed E-state index contributed by atoms with van der Waals surface area (Å²) >= 11 is 0. The van der Waals surface area contributed by atoms with Gasteiger partial charge in [0.15, 0.2) is 5.60 Å². The maximum absolute atomic E-state index is 13.2. The highest BCUT2D eigenvalue weighted by Gasteiger charge is 2.52. The number of rotatable bonds is 7. The molecule has 1 aromatic rings. The summed E-state index contributed by atoms with van der Waals surface area (Å²) in [7, 11) is 0. The topological polar surface area (TPSA) is 38.7 Å². The largest absolute Gasteiger partial charge is 0.493 e. The van der Waals surface area contributed by atoms with E-state index >= 15 is 0 Å². The highest BCUT2D eigenvalue weighted by molar-refractivity contribution is 5.44. The first kappa shape index (κ1) is 19.6. The van der Waals surface area contributed by atoms with Crippen molar-refractivity contribution in [2.24, 2.45) is 11.8 Å². The molecule has 0 saturated carbocycles. The Kier molecular flexibility index (Phi) is 6.33. The SMILES string of the molecule is CC(C)COc1ccc(OCC(C)C)c(C(C)(O)C(F)(F)F)c1. The van der Waals surface area contributed by atoms with E-state index in [4.69, 9.17) is 9.47 Å². The first-order chi connectivity index (χ1) is 10.4. The second kappa shape index (κ2) is 7.43. The third-order valence-electron chi connectivity index (χ3n) is 3.18. The lowest BCUT2D eigenvalue weighted by Gasteiger charge is -2.29. The monoisotopic (exact) mass is 334 g/mol. The summed E-state index contributed by atoms with van der Waals surface area (Å²) in [5.74, 6) is 0.669. The molecule has 1 unspecified atom stereocenters. The fraction of sp³-hybridized carbons (Fsp3) is 0.647. The Morgan fingerprint density at radius 2 is 1.52 bits per heavy atom. The molecular formula is C17H25F3O3. The van der Waals surface area contributed by atoms with Crippen LogP contribution < -0.4 is 9.47 Å². The number of hydrogen-bond acceptors (Lipinski definition) is 3. The Morgan fingerprint density at radius 3 is 2.00 bits per heavy atom. The van der Waals surface area contributed by atoms with Gasteiger partial charge in [-0.05, 0) is 37.0 Å². The Balaban J connectivity index is 3.20. The summed E-state index contributed by atoms with van der Waals surface area (Å²) in [4.78, 5) is 0. The van der Waals surface area contributed by atoms with E-state index in [0.717, 1.165) is 6.92 Å². The zero-order chi connectivity index (χ0) is 17.8. The molecule has 6 heteroatoms. The van der Waals surface area contributed by atoms with Crippen molar-refractivity contribution >= 4 is 0 Å². The standard InChI is InChI=1S/C17H25F3O3/c1-11(2)9-22-13-6-7-15(23-10-12(3)4)14(8-13)16(5,21)17(18,19)20/h6-8,11-12,21H,9-10H2,1-5H3. The predicted octanol–water partition coefficient (Wildman–Crippen LogP) is 4.53. The van der Waals surface area contributed by atoms with Gasteiger partial charge in [0, 0.05) is 5.56 Å². The van der Waals surface area contributed by atoms with Crippen molar-refractivity contribution in [1.82, 2.24) is 0 Å². The third kappa shape index (κ3) is 5.30. The van der Waals surface area contributed by atoms with E-state index in [-0.39, 0.29) is 35.5 Å². The third-order valence-corrected chi connectivity index (χ3v) is 3.18. The first-order valence-corrected chi connectivity index (χ1v) is 7.64. The van der Waals surface area contributed by atoms with E-state index in [1.54, 1.807) is 6.07 Å². The number of alkyl halides is 3. The molecule has 0 aliphatic carbocycles. The van der Waals surface area contributed by atoms with E-state index in [1.807, 2.05) is 27.7 Å². The molecule has 0 radical (unpaired) electrons. The Bertz CT molecular complexity index is 508. The van der Waals surface area contributed by atoms with E-state index in [0.29, 0.717) is 6.61 Å². The van der Waals surface area contributed by atoms with Gasteiger partial charge in [0.1, 0.15) is 11.5 Å². The van der Waals surface area contributed by atoms with Gasteiger partial charge in [-0.2, -0.15) is 13.2 Å². The molecule has 0 heterocycles. The maximum atomic E-state index is 13.2. The van der Waals surface area contributed by atoms with E-state index < -0.39 is 11.8 Å². The highest BCUT2D eigenvalue weighted by atomic mass is 19.4. The van der Waals surface area contributed by atoms with Crippen molar-refractivity contribution in [2.45, 2.75) is 46.4 Å². The highest BCUT2D eigenvalue weighted by Crippen LogP contribution is 2.43. The van der Waals surface area contributed by atoms with Crippen molar-refractivity contribution < 1.29 is 27.8 Å². The van der Waals surface area contributed by atoms with E-state index in [2.05, 4.69) is 0 Å². The summed E-state index contributed by atoms with van der Waals surface area (Å²) in [5, 5.41) is 10.0. The molecule has 1 N–H and O–H groups in total. The van der Waals surface area contributed by atoms with Gasteiger partial charge >= 0.3 is 6.18 Å². The van der Waals surface area contributed by atoms with Crippen molar-refractivity contribution in [3.63, 3.8) is 0 Å². The van der Waals surface area contributed by atoms with Crippen LogP contribution in [-0.2, 0) is 5.60 Å². The fourth-order valence-corrected chi connectivity index (χ4v) is 1.78. The number of aliphatic hydroxyl groups is 1. The summed E-state index contributed by atoms with van der Waals surface area (Å²) in [6, 6.07) is 4.16. The zero-order valence-corrected chi connectivity index (χ0v) is 14.2. The van der Waals surface area contributed by atoms with Gasteiger partial charge in [0.2, 0.25) is 0 Å². The minimum atomic E-state index is -4.82. The van der Waals surface area contributed by atoms with Crippen LogP contribution in [0.3, 0.4) is 0 Å². The van der Waals surface area contributed by atoms with E-state index in [9.17, 15) is 18.3 Å². The Hall–Kier alpha value is -1.43. The summed E-state index contributed by atoms with van der Waals surface area (Å²) in [6.07, 6.45) is -4.82. The van der Waals surface area contributed by atoms with Crippen LogP contribution in [0.2, 0.25) is 0 Å². The molecule has 0 aromatic heterocycles. The molecule has 0 bridgehead atoms. The average Bonchev–Trinajstić information content (AvgIpc) is 2.41.